The molecule has 17 heavy (non-hydrogen) atoms. The van der Waals surface area contributed by atoms with Crippen molar-refractivity contribution in [1.82, 2.24) is 4.90 Å². The molecule has 0 radical (unpaired) electrons. The molecule has 1 fully saturated rings. The van der Waals surface area contributed by atoms with E-state index in [-0.39, 0.29) is 18.1 Å². The first-order valence-electron chi connectivity index (χ1n) is 6.22. The Kier molecular flexibility index (Phi) is 4.93. The van der Waals surface area contributed by atoms with E-state index in [0.29, 0.717) is 24.8 Å². The molecular formula is C12H23N3O2. The van der Waals surface area contributed by atoms with E-state index >= 15 is 0 Å². The van der Waals surface area contributed by atoms with Crippen molar-refractivity contribution in [2.45, 2.75) is 39.7 Å². The monoisotopic (exact) mass is 241 g/mol. The summed E-state index contributed by atoms with van der Waals surface area (Å²) in [4.78, 5) is 17.4. The first-order valence-corrected chi connectivity index (χ1v) is 6.22. The summed E-state index contributed by atoms with van der Waals surface area (Å²) in [6.45, 7) is 6.93. The number of urea groups is 1. The molecule has 1 aliphatic heterocycles. The van der Waals surface area contributed by atoms with Crippen LogP contribution in [0.15, 0.2) is 4.99 Å². The number of hydrogen-bond acceptors (Lipinski definition) is 2. The van der Waals surface area contributed by atoms with Crippen molar-refractivity contribution in [3.05, 3.63) is 0 Å². The minimum Gasteiger partial charge on any atom is -0.393 e. The fraction of sp³-hybridized carbons (Fsp3) is 0.833. The summed E-state index contributed by atoms with van der Waals surface area (Å²) in [6.07, 6.45) is 1.37. The smallest absolute Gasteiger partial charge is 0.345 e. The Balaban J connectivity index is 2.49. The molecule has 5 nitrogen and oxygen atoms in total. The van der Waals surface area contributed by atoms with E-state index in [0.717, 1.165) is 12.8 Å². The molecule has 0 aromatic carbocycles. The van der Waals surface area contributed by atoms with E-state index in [2.05, 4.69) is 4.99 Å². The van der Waals surface area contributed by atoms with Crippen LogP contribution >= 0.6 is 0 Å². The number of aliphatic hydroxyl groups is 1. The molecule has 0 bridgehead atoms. The van der Waals surface area contributed by atoms with Gasteiger partial charge in [-0.3, -0.25) is 0 Å². The largest absolute Gasteiger partial charge is 0.393 e. The van der Waals surface area contributed by atoms with Crippen molar-refractivity contribution >= 4 is 11.9 Å². The third kappa shape index (κ3) is 4.00. The van der Waals surface area contributed by atoms with E-state index in [4.69, 9.17) is 5.73 Å². The number of aliphatic imine (C=N–C) groups is 1. The second-order valence-electron chi connectivity index (χ2n) is 5.04. The summed E-state index contributed by atoms with van der Waals surface area (Å²) in [5.74, 6) is 0.770. The predicted octanol–water partition coefficient (Wildman–Crippen LogP) is 1.21. The van der Waals surface area contributed by atoms with Crippen LogP contribution in [0.1, 0.15) is 33.6 Å². The summed E-state index contributed by atoms with van der Waals surface area (Å²) < 4.78 is 0. The Morgan fingerprint density at radius 2 is 1.88 bits per heavy atom. The van der Waals surface area contributed by atoms with Crippen LogP contribution in [0.3, 0.4) is 0 Å². The first-order chi connectivity index (χ1) is 7.91. The fourth-order valence-corrected chi connectivity index (χ4v) is 1.88. The number of amides is 2. The maximum atomic E-state index is 11.8. The van der Waals surface area contributed by atoms with Gasteiger partial charge in [0.25, 0.3) is 0 Å². The third-order valence-corrected chi connectivity index (χ3v) is 3.31. The van der Waals surface area contributed by atoms with Gasteiger partial charge in [-0.2, -0.15) is 4.99 Å². The number of nitrogens with zero attached hydrogens (tertiary/aromatic N) is 2. The molecule has 1 unspecified atom stereocenters. The number of nitrogens with two attached hydrogens (primary N) is 1. The molecule has 1 saturated heterocycles. The van der Waals surface area contributed by atoms with Gasteiger partial charge >= 0.3 is 6.03 Å². The van der Waals surface area contributed by atoms with Crippen LogP contribution in [0.25, 0.3) is 0 Å². The average Bonchev–Trinajstić information content (AvgIpc) is 2.28. The van der Waals surface area contributed by atoms with E-state index in [1.54, 1.807) is 11.8 Å². The number of likely N-dealkylation sites (tertiary alicyclic amines) is 1. The Labute approximate surface area is 103 Å². The zero-order chi connectivity index (χ0) is 13.0. The Morgan fingerprint density at radius 1 is 1.35 bits per heavy atom. The van der Waals surface area contributed by atoms with Crippen molar-refractivity contribution in [2.75, 3.05) is 13.1 Å². The summed E-state index contributed by atoms with van der Waals surface area (Å²) in [5.41, 5.74) is 5.66. The van der Waals surface area contributed by atoms with Crippen LogP contribution in [-0.4, -0.2) is 41.1 Å². The van der Waals surface area contributed by atoms with Crippen LogP contribution in [-0.2, 0) is 0 Å². The lowest BCUT2D eigenvalue weighted by molar-refractivity contribution is 0.0814. The zero-order valence-corrected chi connectivity index (χ0v) is 10.9. The zero-order valence-electron chi connectivity index (χ0n) is 10.9. The van der Waals surface area contributed by atoms with Crippen molar-refractivity contribution in [2.24, 2.45) is 22.6 Å². The number of piperidine rings is 1. The number of carbonyl (C=O) groups is 1. The van der Waals surface area contributed by atoms with Crippen molar-refractivity contribution in [3.8, 4) is 0 Å². The van der Waals surface area contributed by atoms with Gasteiger partial charge < -0.3 is 15.7 Å². The van der Waals surface area contributed by atoms with Gasteiger partial charge in [-0.05, 0) is 25.7 Å². The maximum absolute atomic E-state index is 11.8. The van der Waals surface area contributed by atoms with Gasteiger partial charge in [0.2, 0.25) is 0 Å². The topological polar surface area (TPSA) is 78.9 Å². The molecule has 0 aromatic rings. The lowest BCUT2D eigenvalue weighted by Gasteiger charge is -2.32. The standard InChI is InChI=1S/C12H23N3O2/c1-8(2)11(13)14-12(17)15-6-4-10(5-7-15)9(3)16/h8-10,16H,4-7H2,1-3H3,(H2,13,14,17). The molecule has 0 aliphatic carbocycles. The number of amidine groups is 1. The highest BCUT2D eigenvalue weighted by Gasteiger charge is 2.25. The molecule has 3 N–H and O–H groups in total. The molecule has 0 aromatic heterocycles. The minimum atomic E-state index is -0.295. The highest BCUT2D eigenvalue weighted by Crippen LogP contribution is 2.20. The number of carbonyl (C=O) groups excluding carboxylic acids is 1. The normalized spacial score (nSPS) is 20.8. The number of hydrogen-bond donors (Lipinski definition) is 2. The van der Waals surface area contributed by atoms with Gasteiger partial charge in [-0.25, -0.2) is 4.79 Å². The summed E-state index contributed by atoms with van der Waals surface area (Å²) in [7, 11) is 0. The molecule has 1 atom stereocenters. The molecule has 2 amide bonds. The first kappa shape index (κ1) is 14.0. The number of aliphatic hydroxyl groups excluding tert-OH is 1. The second kappa shape index (κ2) is 6.00. The maximum Gasteiger partial charge on any atom is 0.345 e. The lowest BCUT2D eigenvalue weighted by Crippen LogP contribution is -2.40. The van der Waals surface area contributed by atoms with Crippen LogP contribution < -0.4 is 5.73 Å². The molecule has 1 heterocycles. The van der Waals surface area contributed by atoms with Crippen LogP contribution in [0, 0.1) is 11.8 Å². The molecule has 98 valence electrons. The van der Waals surface area contributed by atoms with Gasteiger partial charge in [-0.15, -0.1) is 0 Å². The highest BCUT2D eigenvalue weighted by atomic mass is 16.3. The Morgan fingerprint density at radius 3 is 2.29 bits per heavy atom. The summed E-state index contributed by atoms with van der Waals surface area (Å²) in [6, 6.07) is -0.250. The van der Waals surface area contributed by atoms with Crippen molar-refractivity contribution in [3.63, 3.8) is 0 Å². The minimum absolute atomic E-state index is 0.0916. The molecule has 0 saturated carbocycles. The quantitative estimate of drug-likeness (QED) is 0.563. The highest BCUT2D eigenvalue weighted by molar-refractivity contribution is 5.93. The molecule has 0 spiro atoms. The van der Waals surface area contributed by atoms with Gasteiger partial charge in [0.15, 0.2) is 0 Å². The summed E-state index contributed by atoms with van der Waals surface area (Å²) >= 11 is 0. The van der Waals surface area contributed by atoms with Crippen molar-refractivity contribution < 1.29 is 9.90 Å². The molecule has 1 aliphatic rings. The van der Waals surface area contributed by atoms with Gasteiger partial charge in [0.05, 0.1) is 6.10 Å². The van der Waals surface area contributed by atoms with Crippen LogP contribution in [0.5, 0.6) is 0 Å². The molecule has 5 heteroatoms. The van der Waals surface area contributed by atoms with Crippen LogP contribution in [0.2, 0.25) is 0 Å². The Hall–Kier alpha value is -1.10. The van der Waals surface area contributed by atoms with Gasteiger partial charge in [0.1, 0.15) is 5.84 Å². The van der Waals surface area contributed by atoms with Crippen molar-refractivity contribution in [1.29, 1.82) is 0 Å². The van der Waals surface area contributed by atoms with Gasteiger partial charge in [-0.1, -0.05) is 13.8 Å². The van der Waals surface area contributed by atoms with E-state index in [1.165, 1.54) is 0 Å². The van der Waals surface area contributed by atoms with E-state index < -0.39 is 0 Å². The lowest BCUT2D eigenvalue weighted by atomic mass is 9.92. The fourth-order valence-electron chi connectivity index (χ4n) is 1.88. The second-order valence-corrected chi connectivity index (χ2v) is 5.04. The average molecular weight is 241 g/mol. The number of rotatable bonds is 2. The SMILES string of the molecule is CC(C)/C(N)=N/C(=O)N1CCC(C(C)O)CC1. The molecular weight excluding hydrogens is 218 g/mol. The van der Waals surface area contributed by atoms with Crippen LogP contribution in [0.4, 0.5) is 4.79 Å². The molecule has 1 rings (SSSR count). The Bertz CT molecular complexity index is 292. The van der Waals surface area contributed by atoms with Gasteiger partial charge in [0, 0.05) is 19.0 Å². The van der Waals surface area contributed by atoms with E-state index in [9.17, 15) is 9.90 Å². The van der Waals surface area contributed by atoms with E-state index in [1.807, 2.05) is 13.8 Å². The predicted molar refractivity (Wildman–Crippen MR) is 67.8 cm³/mol. The third-order valence-electron chi connectivity index (χ3n) is 3.31. The summed E-state index contributed by atoms with van der Waals surface area (Å²) in [5, 5.41) is 9.47.